The van der Waals surface area contributed by atoms with Crippen LogP contribution in [0, 0.1) is 0 Å². The first-order valence-corrected chi connectivity index (χ1v) is 6.42. The first-order valence-electron chi connectivity index (χ1n) is 5.43. The van der Waals surface area contributed by atoms with Crippen LogP contribution in [0.3, 0.4) is 0 Å². The first-order chi connectivity index (χ1) is 8.97. The predicted octanol–water partition coefficient (Wildman–Crippen LogP) is 2.53. The Labute approximate surface area is 113 Å². The summed E-state index contributed by atoms with van der Waals surface area (Å²) in [5.41, 5.74) is 10.9. The molecule has 1 aromatic heterocycles. The summed E-state index contributed by atoms with van der Waals surface area (Å²) in [6.07, 6.45) is 0. The van der Waals surface area contributed by atoms with Crippen molar-refractivity contribution in [1.29, 1.82) is 0 Å². The lowest BCUT2D eigenvalue weighted by Gasteiger charge is -2.15. The number of aromatic nitrogens is 2. The van der Waals surface area contributed by atoms with E-state index in [2.05, 4.69) is 9.97 Å². The van der Waals surface area contributed by atoms with Gasteiger partial charge in [0.05, 0.1) is 5.75 Å². The van der Waals surface area contributed by atoms with Crippen LogP contribution >= 0.6 is 11.8 Å². The summed E-state index contributed by atoms with van der Waals surface area (Å²) in [5, 5.41) is 0.146. The predicted molar refractivity (Wildman–Crippen MR) is 71.9 cm³/mol. The minimum atomic E-state index is -2.96. The topological polar surface area (TPSA) is 77.8 Å². The molecule has 0 spiro atoms. The molecule has 0 aliphatic heterocycles. The second kappa shape index (κ2) is 5.40. The van der Waals surface area contributed by atoms with Gasteiger partial charge >= 0.3 is 0 Å². The van der Waals surface area contributed by atoms with Crippen molar-refractivity contribution >= 4 is 23.4 Å². The van der Waals surface area contributed by atoms with E-state index in [-0.39, 0.29) is 22.4 Å². The third kappa shape index (κ3) is 3.54. The van der Waals surface area contributed by atoms with Crippen LogP contribution in [-0.2, 0) is 5.92 Å². The Kier molecular flexibility index (Phi) is 3.84. The van der Waals surface area contributed by atoms with E-state index >= 15 is 0 Å². The standard InChI is InChI=1S/C12H12F2N4S/c13-12(14,8-4-2-1-3-5-8)7-19-11-17-9(15)6-10(16)18-11/h1-6H,7H2,(H4,15,16,17,18). The van der Waals surface area contributed by atoms with Gasteiger partial charge in [-0.3, -0.25) is 0 Å². The molecule has 0 saturated heterocycles. The Morgan fingerprint density at radius 1 is 1.05 bits per heavy atom. The molecule has 19 heavy (non-hydrogen) atoms. The van der Waals surface area contributed by atoms with Gasteiger partial charge < -0.3 is 11.5 Å². The second-order valence-corrected chi connectivity index (χ2v) is 4.80. The third-order valence-corrected chi connectivity index (χ3v) is 3.27. The van der Waals surface area contributed by atoms with Crippen molar-refractivity contribution in [2.24, 2.45) is 0 Å². The van der Waals surface area contributed by atoms with Crippen molar-refractivity contribution in [3.63, 3.8) is 0 Å². The summed E-state index contributed by atoms with van der Waals surface area (Å²) in [7, 11) is 0. The number of hydrogen-bond acceptors (Lipinski definition) is 5. The lowest BCUT2D eigenvalue weighted by molar-refractivity contribution is 0.0231. The number of anilines is 2. The molecule has 0 aliphatic carbocycles. The Morgan fingerprint density at radius 3 is 2.21 bits per heavy atom. The normalized spacial score (nSPS) is 11.5. The molecule has 7 heteroatoms. The molecule has 4 nitrogen and oxygen atoms in total. The zero-order chi connectivity index (χ0) is 13.9. The summed E-state index contributed by atoms with van der Waals surface area (Å²) in [4.78, 5) is 7.69. The molecular formula is C12H12F2N4S. The van der Waals surface area contributed by atoms with Gasteiger partial charge in [0.25, 0.3) is 5.92 Å². The third-order valence-electron chi connectivity index (χ3n) is 2.32. The number of nitrogen functional groups attached to an aromatic ring is 2. The van der Waals surface area contributed by atoms with Crippen molar-refractivity contribution in [2.45, 2.75) is 11.1 Å². The van der Waals surface area contributed by atoms with Gasteiger partial charge in [-0.15, -0.1) is 0 Å². The van der Waals surface area contributed by atoms with Crippen LogP contribution in [0.5, 0.6) is 0 Å². The molecular weight excluding hydrogens is 270 g/mol. The zero-order valence-corrected chi connectivity index (χ0v) is 10.7. The van der Waals surface area contributed by atoms with Gasteiger partial charge in [0.1, 0.15) is 11.6 Å². The summed E-state index contributed by atoms with van der Waals surface area (Å²) >= 11 is 0.818. The molecule has 0 fully saturated rings. The molecule has 100 valence electrons. The van der Waals surface area contributed by atoms with E-state index in [9.17, 15) is 8.78 Å². The highest BCUT2D eigenvalue weighted by Gasteiger charge is 2.31. The molecule has 0 bridgehead atoms. The summed E-state index contributed by atoms with van der Waals surface area (Å²) in [5.74, 6) is -3.11. The van der Waals surface area contributed by atoms with Crippen molar-refractivity contribution < 1.29 is 8.78 Å². The zero-order valence-electron chi connectivity index (χ0n) is 9.88. The smallest absolute Gasteiger partial charge is 0.282 e. The summed E-state index contributed by atoms with van der Waals surface area (Å²) in [6, 6.07) is 8.98. The quantitative estimate of drug-likeness (QED) is 0.665. The minimum absolute atomic E-state index is 0.0422. The van der Waals surface area contributed by atoms with Gasteiger partial charge in [0.15, 0.2) is 5.16 Å². The van der Waals surface area contributed by atoms with Crippen LogP contribution in [0.1, 0.15) is 5.56 Å². The molecule has 1 aromatic carbocycles. The average molecular weight is 282 g/mol. The van der Waals surface area contributed by atoms with Crippen molar-refractivity contribution in [3.05, 3.63) is 42.0 Å². The lowest BCUT2D eigenvalue weighted by atomic mass is 10.1. The van der Waals surface area contributed by atoms with E-state index in [1.807, 2.05) is 0 Å². The van der Waals surface area contributed by atoms with Crippen LogP contribution in [0.25, 0.3) is 0 Å². The fourth-order valence-electron chi connectivity index (χ4n) is 1.45. The monoisotopic (exact) mass is 282 g/mol. The average Bonchev–Trinajstić information content (AvgIpc) is 2.37. The Balaban J connectivity index is 2.09. The number of rotatable bonds is 4. The van der Waals surface area contributed by atoms with Crippen molar-refractivity contribution in [3.8, 4) is 0 Å². The molecule has 1 heterocycles. The Bertz CT molecular complexity index is 543. The van der Waals surface area contributed by atoms with Gasteiger partial charge in [-0.05, 0) is 0 Å². The van der Waals surface area contributed by atoms with Crippen LogP contribution < -0.4 is 11.5 Å². The molecule has 0 unspecified atom stereocenters. The molecule has 4 N–H and O–H groups in total. The first kappa shape index (κ1) is 13.5. The SMILES string of the molecule is Nc1cc(N)nc(SCC(F)(F)c2ccccc2)n1. The highest BCUT2D eigenvalue weighted by atomic mass is 32.2. The largest absolute Gasteiger partial charge is 0.383 e. The highest BCUT2D eigenvalue weighted by Crippen LogP contribution is 2.33. The van der Waals surface area contributed by atoms with E-state index in [0.29, 0.717) is 0 Å². The fraction of sp³-hybridized carbons (Fsp3) is 0.167. The van der Waals surface area contributed by atoms with Crippen LogP contribution in [-0.4, -0.2) is 15.7 Å². The van der Waals surface area contributed by atoms with E-state index in [0.717, 1.165) is 11.8 Å². The summed E-state index contributed by atoms with van der Waals surface area (Å²) in [6.45, 7) is 0. The lowest BCUT2D eigenvalue weighted by Crippen LogP contribution is -2.17. The molecule has 0 amide bonds. The molecule has 0 aliphatic rings. The molecule has 0 radical (unpaired) electrons. The minimum Gasteiger partial charge on any atom is -0.383 e. The fourth-order valence-corrected chi connectivity index (χ4v) is 2.26. The van der Waals surface area contributed by atoms with Gasteiger partial charge in [0, 0.05) is 11.6 Å². The van der Waals surface area contributed by atoms with Crippen molar-refractivity contribution in [2.75, 3.05) is 17.2 Å². The number of hydrogen-bond donors (Lipinski definition) is 2. The number of halogens is 2. The van der Waals surface area contributed by atoms with E-state index in [1.54, 1.807) is 18.2 Å². The number of nitrogens with zero attached hydrogens (tertiary/aromatic N) is 2. The number of thioether (sulfide) groups is 1. The molecule has 0 saturated carbocycles. The maximum atomic E-state index is 13.9. The highest BCUT2D eigenvalue weighted by molar-refractivity contribution is 7.99. The van der Waals surface area contributed by atoms with Crippen molar-refractivity contribution in [1.82, 2.24) is 9.97 Å². The van der Waals surface area contributed by atoms with Crippen LogP contribution in [0.2, 0.25) is 0 Å². The summed E-state index contributed by atoms with van der Waals surface area (Å²) < 4.78 is 27.8. The molecule has 2 rings (SSSR count). The van der Waals surface area contributed by atoms with Gasteiger partial charge in [-0.2, -0.15) is 0 Å². The van der Waals surface area contributed by atoms with E-state index in [1.165, 1.54) is 18.2 Å². The molecule has 0 atom stereocenters. The van der Waals surface area contributed by atoms with Gasteiger partial charge in [-0.1, -0.05) is 42.1 Å². The Hall–Kier alpha value is -1.89. The van der Waals surface area contributed by atoms with E-state index in [4.69, 9.17) is 11.5 Å². The maximum absolute atomic E-state index is 13.9. The van der Waals surface area contributed by atoms with Crippen LogP contribution in [0.15, 0.2) is 41.6 Å². The second-order valence-electron chi connectivity index (χ2n) is 3.86. The van der Waals surface area contributed by atoms with E-state index < -0.39 is 11.7 Å². The Morgan fingerprint density at radius 2 is 1.63 bits per heavy atom. The number of alkyl halides is 2. The van der Waals surface area contributed by atoms with Gasteiger partial charge in [-0.25, -0.2) is 18.7 Å². The number of nitrogens with two attached hydrogens (primary N) is 2. The molecule has 2 aromatic rings. The van der Waals surface area contributed by atoms with Crippen LogP contribution in [0.4, 0.5) is 20.4 Å². The maximum Gasteiger partial charge on any atom is 0.282 e. The number of benzene rings is 1. The van der Waals surface area contributed by atoms with Gasteiger partial charge in [0.2, 0.25) is 0 Å².